The first-order chi connectivity index (χ1) is 22.4. The number of carbonyl (C=O) groups is 2. The van der Waals surface area contributed by atoms with Crippen LogP contribution in [0.2, 0.25) is 0 Å². The number of anilines is 3. The van der Waals surface area contributed by atoms with Gasteiger partial charge in [0.05, 0.1) is 36.5 Å². The minimum absolute atomic E-state index is 0.00534. The molecule has 22 nitrogen and oxygen atoms in total. The van der Waals surface area contributed by atoms with Gasteiger partial charge in [0.1, 0.15) is 12.2 Å². The summed E-state index contributed by atoms with van der Waals surface area (Å²) in [5, 5.41) is 43.0. The standard InChI is InChI=1S/C25H30N18O4/c1-11-16(33-35-20-13(15(45)10-44)8-28-40(20)5)18(26)42(37-11)24-30-23(39(3)4)31-25(32-24)43-19(27)17(12(2)38-43)34-36-21-14(22(46)47-7)9-29-41(21)6/h8-9,44H,10,26-27H2,1-7H3. The number of carbonyl (C=O) groups excluding carboxylic acids is 2. The lowest BCUT2D eigenvalue weighted by Crippen LogP contribution is -2.19. The van der Waals surface area contributed by atoms with Crippen LogP contribution in [0.15, 0.2) is 32.9 Å². The van der Waals surface area contributed by atoms with E-state index in [0.717, 1.165) is 0 Å². The van der Waals surface area contributed by atoms with Gasteiger partial charge >= 0.3 is 5.97 Å². The number of hydrogen-bond donors (Lipinski definition) is 3. The topological polar surface area (TPSA) is 278 Å². The highest BCUT2D eigenvalue weighted by molar-refractivity contribution is 6.00. The number of aromatic nitrogens is 11. The number of nitrogen functional groups attached to an aromatic ring is 2. The molecule has 5 aromatic heterocycles. The highest BCUT2D eigenvalue weighted by Gasteiger charge is 2.23. The van der Waals surface area contributed by atoms with E-state index in [0.29, 0.717) is 11.4 Å². The minimum atomic E-state index is -0.714. The second-order valence-corrected chi connectivity index (χ2v) is 10.1. The molecule has 0 aliphatic rings. The summed E-state index contributed by atoms with van der Waals surface area (Å²) in [4.78, 5) is 39.3. The molecule has 5 rings (SSSR count). The van der Waals surface area contributed by atoms with Crippen molar-refractivity contribution >= 4 is 52.3 Å². The minimum Gasteiger partial charge on any atom is -0.465 e. The maximum atomic E-state index is 12.1. The molecule has 0 saturated carbocycles. The van der Waals surface area contributed by atoms with E-state index in [9.17, 15) is 14.7 Å². The molecular formula is C25H30N18O4. The van der Waals surface area contributed by atoms with Gasteiger partial charge in [0.15, 0.2) is 40.4 Å². The van der Waals surface area contributed by atoms with Crippen molar-refractivity contribution in [2.45, 2.75) is 13.8 Å². The van der Waals surface area contributed by atoms with Gasteiger partial charge in [0.25, 0.3) is 11.9 Å². The van der Waals surface area contributed by atoms with E-state index >= 15 is 0 Å². The Morgan fingerprint density at radius 1 is 0.830 bits per heavy atom. The largest absolute Gasteiger partial charge is 0.465 e. The number of Topliss-reactive ketones (excluding diaryl/α,β-unsaturated/α-hetero) is 1. The quantitative estimate of drug-likeness (QED) is 0.110. The lowest BCUT2D eigenvalue weighted by Gasteiger charge is -2.13. The maximum absolute atomic E-state index is 12.1. The lowest BCUT2D eigenvalue weighted by molar-refractivity contribution is 0.0601. The van der Waals surface area contributed by atoms with Crippen molar-refractivity contribution in [1.29, 1.82) is 0 Å². The molecule has 5 heterocycles. The Kier molecular flexibility index (Phi) is 8.50. The number of methoxy groups -OCH3 is 1. The molecule has 0 aliphatic carbocycles. The van der Waals surface area contributed by atoms with Crippen molar-refractivity contribution < 1.29 is 19.4 Å². The number of ether oxygens (including phenoxy) is 1. The number of azo groups is 2. The monoisotopic (exact) mass is 646 g/mol. The number of hydrogen-bond acceptors (Lipinski definition) is 18. The van der Waals surface area contributed by atoms with Crippen LogP contribution < -0.4 is 16.4 Å². The van der Waals surface area contributed by atoms with Gasteiger partial charge in [-0.15, -0.1) is 20.5 Å². The molecule has 0 aromatic carbocycles. The molecule has 0 fully saturated rings. The Bertz CT molecular complexity index is 1920. The highest BCUT2D eigenvalue weighted by atomic mass is 16.5. The van der Waals surface area contributed by atoms with E-state index in [2.05, 4.69) is 55.8 Å². The first-order valence-electron chi connectivity index (χ1n) is 13.6. The Morgan fingerprint density at radius 2 is 1.30 bits per heavy atom. The molecule has 0 atom stereocenters. The molecule has 0 unspecified atom stereocenters. The van der Waals surface area contributed by atoms with Crippen LogP contribution in [-0.4, -0.2) is 98.7 Å². The SMILES string of the molecule is COC(=O)c1cnn(C)c1N=Nc1c(C)nn(-c2nc(N(C)C)nc(-n3nc(C)c(N=Nc4c(C(=O)CO)cnn4C)c3N)n2)c1N. The Hall–Kier alpha value is -6.45. The van der Waals surface area contributed by atoms with Crippen molar-refractivity contribution in [3.05, 3.63) is 34.9 Å². The van der Waals surface area contributed by atoms with Crippen LogP contribution in [0.4, 0.5) is 40.6 Å². The molecule has 0 bridgehead atoms. The summed E-state index contributed by atoms with van der Waals surface area (Å²) >= 11 is 0. The number of esters is 1. The second-order valence-electron chi connectivity index (χ2n) is 10.1. The van der Waals surface area contributed by atoms with Crippen LogP contribution in [0.3, 0.4) is 0 Å². The predicted octanol–water partition coefficient (Wildman–Crippen LogP) is 1.35. The summed E-state index contributed by atoms with van der Waals surface area (Å²) in [7, 11) is 7.87. The fraction of sp³-hybridized carbons (Fsp3) is 0.320. The third kappa shape index (κ3) is 5.86. The van der Waals surface area contributed by atoms with Gasteiger partial charge in [-0.25, -0.2) is 14.2 Å². The predicted molar refractivity (Wildman–Crippen MR) is 164 cm³/mol. The van der Waals surface area contributed by atoms with Crippen molar-refractivity contribution in [3.8, 4) is 11.9 Å². The molecule has 22 heteroatoms. The summed E-state index contributed by atoms with van der Waals surface area (Å²) in [6, 6.07) is 0. The zero-order valence-electron chi connectivity index (χ0n) is 26.3. The zero-order valence-corrected chi connectivity index (χ0v) is 26.3. The smallest absolute Gasteiger partial charge is 0.343 e. The van der Waals surface area contributed by atoms with Gasteiger partial charge in [-0.3, -0.25) is 4.79 Å². The molecule has 5 N–H and O–H groups in total. The van der Waals surface area contributed by atoms with Crippen molar-refractivity contribution in [1.82, 2.24) is 54.1 Å². The fourth-order valence-corrected chi connectivity index (χ4v) is 4.19. The lowest BCUT2D eigenvalue weighted by atomic mass is 10.2. The summed E-state index contributed by atoms with van der Waals surface area (Å²) in [6.45, 7) is 2.60. The third-order valence-electron chi connectivity index (χ3n) is 6.66. The highest BCUT2D eigenvalue weighted by Crippen LogP contribution is 2.33. The number of nitrogens with zero attached hydrogens (tertiary/aromatic N) is 16. The van der Waals surface area contributed by atoms with Gasteiger partial charge < -0.3 is 26.2 Å². The summed E-state index contributed by atoms with van der Waals surface area (Å²) < 4.78 is 9.98. The average molecular weight is 647 g/mol. The number of aliphatic hydroxyl groups is 1. The van der Waals surface area contributed by atoms with Gasteiger partial charge in [-0.2, -0.15) is 44.7 Å². The van der Waals surface area contributed by atoms with Crippen LogP contribution >= 0.6 is 0 Å². The van der Waals surface area contributed by atoms with E-state index in [1.54, 1.807) is 46.9 Å². The summed E-state index contributed by atoms with van der Waals surface area (Å²) in [5.74, 6) is -0.621. The molecule has 0 spiro atoms. The van der Waals surface area contributed by atoms with Gasteiger partial charge in [-0.1, -0.05) is 0 Å². The van der Waals surface area contributed by atoms with E-state index in [4.69, 9.17) is 16.2 Å². The second kappa shape index (κ2) is 12.5. The molecule has 5 aromatic rings. The van der Waals surface area contributed by atoms with Crippen molar-refractivity contribution in [2.24, 2.45) is 34.6 Å². The molecule has 0 saturated heterocycles. The van der Waals surface area contributed by atoms with Crippen LogP contribution in [0, 0.1) is 13.8 Å². The van der Waals surface area contributed by atoms with Crippen LogP contribution in [0.25, 0.3) is 11.9 Å². The van der Waals surface area contributed by atoms with E-state index in [1.807, 2.05) is 0 Å². The Balaban J connectivity index is 1.55. The maximum Gasteiger partial charge on any atom is 0.343 e. The Labute approximate surface area is 265 Å². The van der Waals surface area contributed by atoms with Crippen LogP contribution in [-0.2, 0) is 18.8 Å². The van der Waals surface area contributed by atoms with Crippen LogP contribution in [0.1, 0.15) is 32.1 Å². The zero-order chi connectivity index (χ0) is 34.2. The third-order valence-corrected chi connectivity index (χ3v) is 6.66. The first-order valence-corrected chi connectivity index (χ1v) is 13.6. The summed E-state index contributed by atoms with van der Waals surface area (Å²) in [6.07, 6.45) is 2.61. The van der Waals surface area contributed by atoms with E-state index < -0.39 is 18.4 Å². The molecule has 0 radical (unpaired) electrons. The number of ketones is 1. The molecule has 244 valence electrons. The fourth-order valence-electron chi connectivity index (χ4n) is 4.19. The first kappa shape index (κ1) is 32.0. The van der Waals surface area contributed by atoms with Crippen LogP contribution in [0.5, 0.6) is 0 Å². The summed E-state index contributed by atoms with van der Waals surface area (Å²) in [5.41, 5.74) is 14.2. The number of aryl methyl sites for hydroxylation is 4. The van der Waals surface area contributed by atoms with E-state index in [-0.39, 0.29) is 63.6 Å². The van der Waals surface area contributed by atoms with Gasteiger partial charge in [0, 0.05) is 28.2 Å². The van der Waals surface area contributed by atoms with Gasteiger partial charge in [-0.05, 0) is 13.8 Å². The van der Waals surface area contributed by atoms with Crippen molar-refractivity contribution in [2.75, 3.05) is 44.2 Å². The molecule has 0 amide bonds. The van der Waals surface area contributed by atoms with Gasteiger partial charge in [0.2, 0.25) is 5.95 Å². The number of rotatable bonds is 10. The normalized spacial score (nSPS) is 11.7. The Morgan fingerprint density at radius 3 is 1.74 bits per heavy atom. The number of aliphatic hydroxyl groups excluding tert-OH is 1. The molecule has 0 aliphatic heterocycles. The molecule has 47 heavy (non-hydrogen) atoms. The number of nitrogens with two attached hydrogens (primary N) is 2. The average Bonchev–Trinajstić information content (AvgIpc) is 3.77. The van der Waals surface area contributed by atoms with Crippen molar-refractivity contribution in [3.63, 3.8) is 0 Å². The van der Waals surface area contributed by atoms with E-state index in [1.165, 1.54) is 38.2 Å². The molecular weight excluding hydrogens is 616 g/mol.